The van der Waals surface area contributed by atoms with Crippen LogP contribution >= 0.6 is 0 Å². The predicted octanol–water partition coefficient (Wildman–Crippen LogP) is 2.78. The minimum atomic E-state index is -0.0410. The van der Waals surface area contributed by atoms with E-state index in [0.717, 1.165) is 24.9 Å². The first-order valence-corrected chi connectivity index (χ1v) is 9.39. The van der Waals surface area contributed by atoms with Crippen LogP contribution in [-0.4, -0.2) is 47.8 Å². The van der Waals surface area contributed by atoms with Gasteiger partial charge in [-0.3, -0.25) is 0 Å². The van der Waals surface area contributed by atoms with Gasteiger partial charge >= 0.3 is 0 Å². The van der Waals surface area contributed by atoms with Crippen LogP contribution in [0.3, 0.4) is 0 Å². The van der Waals surface area contributed by atoms with Crippen molar-refractivity contribution in [2.45, 2.75) is 82.9 Å². The summed E-state index contributed by atoms with van der Waals surface area (Å²) in [4.78, 5) is 2.77. The van der Waals surface area contributed by atoms with Crippen LogP contribution in [0.1, 0.15) is 64.7 Å². The molecule has 0 radical (unpaired) electrons. The van der Waals surface area contributed by atoms with E-state index in [0.29, 0.717) is 12.0 Å². The van der Waals surface area contributed by atoms with Gasteiger partial charge in [0.1, 0.15) is 0 Å². The fourth-order valence-electron chi connectivity index (χ4n) is 4.85. The molecule has 4 atom stereocenters. The maximum absolute atomic E-state index is 9.91. The molecule has 2 N–H and O–H groups in total. The molecule has 1 aliphatic heterocycles. The molecule has 122 valence electrons. The summed E-state index contributed by atoms with van der Waals surface area (Å²) in [5.41, 5.74) is 0. The molecular weight excluding hydrogens is 260 g/mol. The lowest BCUT2D eigenvalue weighted by Gasteiger charge is -2.42. The van der Waals surface area contributed by atoms with Crippen LogP contribution in [0.5, 0.6) is 0 Å². The van der Waals surface area contributed by atoms with Crippen molar-refractivity contribution < 1.29 is 5.11 Å². The first-order valence-electron chi connectivity index (χ1n) is 9.39. The Bertz CT molecular complexity index is 314. The van der Waals surface area contributed by atoms with Crippen LogP contribution in [0.15, 0.2) is 0 Å². The maximum Gasteiger partial charge on any atom is 0.0580 e. The standard InChI is InChI=1S/C18H34N2O/c1-14-5-2-3-7-17(14)20-11-9-16(10-12-20)19-13-15-6-4-8-18(15)21/h14-19,21H,2-13H2,1H3. The summed E-state index contributed by atoms with van der Waals surface area (Å²) in [6, 6.07) is 1.55. The number of aliphatic hydroxyl groups excluding tert-OH is 1. The fourth-order valence-corrected chi connectivity index (χ4v) is 4.85. The molecule has 1 heterocycles. The zero-order valence-electron chi connectivity index (χ0n) is 13.8. The number of nitrogens with zero attached hydrogens (tertiary/aromatic N) is 1. The van der Waals surface area contributed by atoms with E-state index in [2.05, 4.69) is 17.1 Å². The van der Waals surface area contributed by atoms with E-state index < -0.39 is 0 Å². The second-order valence-corrected chi connectivity index (χ2v) is 7.81. The molecule has 1 saturated heterocycles. The number of hydrogen-bond acceptors (Lipinski definition) is 3. The summed E-state index contributed by atoms with van der Waals surface area (Å²) in [6.45, 7) is 6.04. The van der Waals surface area contributed by atoms with Gasteiger partial charge in [0.15, 0.2) is 0 Å². The topological polar surface area (TPSA) is 35.5 Å². The van der Waals surface area contributed by atoms with Crippen LogP contribution in [-0.2, 0) is 0 Å². The Labute approximate surface area is 130 Å². The van der Waals surface area contributed by atoms with Gasteiger partial charge in [-0.1, -0.05) is 26.2 Å². The van der Waals surface area contributed by atoms with E-state index in [4.69, 9.17) is 0 Å². The predicted molar refractivity (Wildman–Crippen MR) is 87.4 cm³/mol. The highest BCUT2D eigenvalue weighted by Crippen LogP contribution is 2.30. The van der Waals surface area contributed by atoms with Gasteiger partial charge in [-0.2, -0.15) is 0 Å². The number of nitrogens with one attached hydrogen (secondary N) is 1. The smallest absolute Gasteiger partial charge is 0.0580 e. The zero-order valence-corrected chi connectivity index (χ0v) is 13.8. The van der Waals surface area contributed by atoms with Crippen LogP contribution in [0, 0.1) is 11.8 Å². The van der Waals surface area contributed by atoms with Gasteiger partial charge < -0.3 is 15.3 Å². The molecule has 3 heteroatoms. The molecule has 4 unspecified atom stereocenters. The lowest BCUT2D eigenvalue weighted by Crippen LogP contribution is -2.50. The molecule has 0 spiro atoms. The molecular formula is C18H34N2O. The quantitative estimate of drug-likeness (QED) is 0.837. The van der Waals surface area contributed by atoms with E-state index >= 15 is 0 Å². The van der Waals surface area contributed by atoms with Crippen molar-refractivity contribution >= 4 is 0 Å². The molecule has 0 amide bonds. The fraction of sp³-hybridized carbons (Fsp3) is 1.00. The van der Waals surface area contributed by atoms with Crippen LogP contribution in [0.4, 0.5) is 0 Å². The molecule has 21 heavy (non-hydrogen) atoms. The van der Waals surface area contributed by atoms with Crippen molar-refractivity contribution in [1.82, 2.24) is 10.2 Å². The average molecular weight is 294 g/mol. The van der Waals surface area contributed by atoms with Crippen molar-refractivity contribution in [2.75, 3.05) is 19.6 Å². The first kappa shape index (κ1) is 15.8. The van der Waals surface area contributed by atoms with E-state index in [1.54, 1.807) is 0 Å². The second-order valence-electron chi connectivity index (χ2n) is 7.81. The highest BCUT2D eigenvalue weighted by Gasteiger charge is 2.31. The van der Waals surface area contributed by atoms with Gasteiger partial charge in [-0.05, 0) is 63.5 Å². The molecule has 2 saturated carbocycles. The minimum Gasteiger partial charge on any atom is -0.393 e. The van der Waals surface area contributed by atoms with Gasteiger partial charge in [-0.25, -0.2) is 0 Å². The van der Waals surface area contributed by atoms with Gasteiger partial charge in [0, 0.05) is 18.6 Å². The van der Waals surface area contributed by atoms with Crippen LogP contribution < -0.4 is 5.32 Å². The number of likely N-dealkylation sites (tertiary alicyclic amines) is 1. The van der Waals surface area contributed by atoms with E-state index in [1.807, 2.05) is 0 Å². The average Bonchev–Trinajstić information content (AvgIpc) is 2.92. The molecule has 0 aromatic carbocycles. The van der Waals surface area contributed by atoms with Gasteiger partial charge in [0.25, 0.3) is 0 Å². The van der Waals surface area contributed by atoms with E-state index in [9.17, 15) is 5.11 Å². The lowest BCUT2D eigenvalue weighted by molar-refractivity contribution is 0.0780. The molecule has 0 bridgehead atoms. The molecule has 2 aliphatic carbocycles. The van der Waals surface area contributed by atoms with Crippen molar-refractivity contribution in [3.63, 3.8) is 0 Å². The van der Waals surface area contributed by atoms with Crippen molar-refractivity contribution in [3.05, 3.63) is 0 Å². The Hall–Kier alpha value is -0.120. The molecule has 0 aromatic rings. The molecule has 3 nitrogen and oxygen atoms in total. The SMILES string of the molecule is CC1CCCCC1N1CCC(NCC2CCCC2O)CC1. The van der Waals surface area contributed by atoms with E-state index in [1.165, 1.54) is 64.5 Å². The summed E-state index contributed by atoms with van der Waals surface area (Å²) in [5, 5.41) is 13.7. The van der Waals surface area contributed by atoms with Crippen LogP contribution in [0.25, 0.3) is 0 Å². The Morgan fingerprint density at radius 2 is 1.71 bits per heavy atom. The van der Waals surface area contributed by atoms with Crippen molar-refractivity contribution in [1.29, 1.82) is 0 Å². The van der Waals surface area contributed by atoms with E-state index in [-0.39, 0.29) is 6.10 Å². The lowest BCUT2D eigenvalue weighted by atomic mass is 9.84. The van der Waals surface area contributed by atoms with Gasteiger partial charge in [-0.15, -0.1) is 0 Å². The maximum atomic E-state index is 9.91. The Kier molecular flexibility index (Phi) is 5.58. The van der Waals surface area contributed by atoms with Gasteiger partial charge in [0.05, 0.1) is 6.10 Å². The Morgan fingerprint density at radius 1 is 0.952 bits per heavy atom. The summed E-state index contributed by atoms with van der Waals surface area (Å²) >= 11 is 0. The molecule has 0 aromatic heterocycles. The first-order chi connectivity index (χ1) is 10.2. The highest BCUT2D eigenvalue weighted by atomic mass is 16.3. The Balaban J connectivity index is 1.38. The normalized spacial score (nSPS) is 39.7. The third-order valence-corrected chi connectivity index (χ3v) is 6.35. The monoisotopic (exact) mass is 294 g/mol. The molecule has 3 rings (SSSR count). The summed E-state index contributed by atoms with van der Waals surface area (Å²) in [6.07, 6.45) is 11.7. The van der Waals surface area contributed by atoms with Crippen molar-refractivity contribution in [3.8, 4) is 0 Å². The van der Waals surface area contributed by atoms with Crippen molar-refractivity contribution in [2.24, 2.45) is 11.8 Å². The summed E-state index contributed by atoms with van der Waals surface area (Å²) in [7, 11) is 0. The van der Waals surface area contributed by atoms with Crippen LogP contribution in [0.2, 0.25) is 0 Å². The number of hydrogen-bond donors (Lipinski definition) is 2. The highest BCUT2D eigenvalue weighted by molar-refractivity contribution is 4.87. The summed E-state index contributed by atoms with van der Waals surface area (Å²) < 4.78 is 0. The number of piperidine rings is 1. The molecule has 3 fully saturated rings. The minimum absolute atomic E-state index is 0.0410. The largest absolute Gasteiger partial charge is 0.393 e. The number of aliphatic hydroxyl groups is 1. The Morgan fingerprint density at radius 3 is 2.38 bits per heavy atom. The third-order valence-electron chi connectivity index (χ3n) is 6.35. The second kappa shape index (κ2) is 7.43. The van der Waals surface area contributed by atoms with Gasteiger partial charge in [0.2, 0.25) is 0 Å². The zero-order chi connectivity index (χ0) is 14.7. The summed E-state index contributed by atoms with van der Waals surface area (Å²) in [5.74, 6) is 1.42. The molecule has 3 aliphatic rings. The third kappa shape index (κ3) is 4.00. The number of rotatable bonds is 4.